The Morgan fingerprint density at radius 3 is 2.87 bits per heavy atom. The number of hydrogen-bond donors (Lipinski definition) is 3. The van der Waals surface area contributed by atoms with Crippen molar-refractivity contribution in [3.63, 3.8) is 0 Å². The Morgan fingerprint density at radius 2 is 2.03 bits per heavy atom. The maximum Gasteiger partial charge on any atom is 0.267 e. The molecule has 0 fully saturated rings. The zero-order valence-corrected chi connectivity index (χ0v) is 17.6. The average Bonchev–Trinajstić information content (AvgIpc) is 3.51. The number of aromatic nitrogens is 6. The van der Waals surface area contributed by atoms with Crippen molar-refractivity contribution in [3.8, 4) is 11.4 Å². The topological polar surface area (TPSA) is 113 Å². The normalized spacial score (nSPS) is 11.0. The molecule has 31 heavy (non-hydrogen) atoms. The first-order valence-electron chi connectivity index (χ1n) is 9.51. The predicted octanol–water partition coefficient (Wildman–Crippen LogP) is 4.12. The summed E-state index contributed by atoms with van der Waals surface area (Å²) in [4.78, 5) is 22.2. The molecule has 10 heteroatoms. The molecule has 0 saturated heterocycles. The molecule has 4 aromatic heterocycles. The number of rotatable bonds is 5. The van der Waals surface area contributed by atoms with E-state index in [1.54, 1.807) is 17.1 Å². The van der Waals surface area contributed by atoms with E-state index in [0.717, 1.165) is 33.5 Å². The number of H-pyrrole nitrogens is 1. The lowest BCUT2D eigenvalue weighted by Gasteiger charge is -2.08. The fourth-order valence-electron chi connectivity index (χ4n) is 3.21. The summed E-state index contributed by atoms with van der Waals surface area (Å²) in [5, 5.41) is 18.9. The van der Waals surface area contributed by atoms with Gasteiger partial charge in [0.2, 0.25) is 0 Å². The summed E-state index contributed by atoms with van der Waals surface area (Å²) in [7, 11) is 1.86. The highest BCUT2D eigenvalue weighted by Crippen LogP contribution is 2.28. The molecule has 0 aliphatic carbocycles. The minimum atomic E-state index is -0.224. The van der Waals surface area contributed by atoms with E-state index in [0.29, 0.717) is 15.8 Å². The van der Waals surface area contributed by atoms with Crippen molar-refractivity contribution in [1.29, 1.82) is 0 Å². The van der Waals surface area contributed by atoms with E-state index in [1.165, 1.54) is 11.3 Å². The number of aryl methyl sites for hydroxylation is 2. The van der Waals surface area contributed by atoms with Crippen molar-refractivity contribution >= 4 is 44.8 Å². The van der Waals surface area contributed by atoms with Crippen LogP contribution in [0.3, 0.4) is 0 Å². The van der Waals surface area contributed by atoms with Crippen LogP contribution in [-0.4, -0.2) is 35.9 Å². The molecule has 9 nitrogen and oxygen atoms in total. The van der Waals surface area contributed by atoms with Crippen molar-refractivity contribution in [2.75, 3.05) is 10.6 Å². The van der Waals surface area contributed by atoms with E-state index >= 15 is 0 Å². The maximum atomic E-state index is 12.8. The second kappa shape index (κ2) is 7.65. The molecule has 1 aromatic carbocycles. The van der Waals surface area contributed by atoms with E-state index in [9.17, 15) is 4.79 Å². The Balaban J connectivity index is 1.34. The second-order valence-electron chi connectivity index (χ2n) is 6.98. The van der Waals surface area contributed by atoms with Gasteiger partial charge in [0.15, 0.2) is 5.13 Å². The number of thiazole rings is 1. The first kappa shape index (κ1) is 18.9. The van der Waals surface area contributed by atoms with Crippen LogP contribution in [0.25, 0.3) is 22.3 Å². The number of nitrogens with zero attached hydrogens (tertiary/aromatic N) is 5. The molecule has 0 atom stereocenters. The number of amides is 1. The van der Waals surface area contributed by atoms with Crippen LogP contribution in [0.2, 0.25) is 0 Å². The molecule has 5 rings (SSSR count). The van der Waals surface area contributed by atoms with Crippen LogP contribution >= 0.6 is 11.3 Å². The van der Waals surface area contributed by atoms with Gasteiger partial charge in [-0.15, -0.1) is 0 Å². The molecular weight excluding hydrogens is 412 g/mol. The minimum Gasteiger partial charge on any atom is -0.320 e. The van der Waals surface area contributed by atoms with Crippen LogP contribution in [0.1, 0.15) is 15.2 Å². The number of aromatic amines is 1. The van der Waals surface area contributed by atoms with Crippen LogP contribution in [0.4, 0.5) is 16.6 Å². The number of anilines is 3. The largest absolute Gasteiger partial charge is 0.320 e. The van der Waals surface area contributed by atoms with E-state index in [4.69, 9.17) is 0 Å². The van der Waals surface area contributed by atoms with Gasteiger partial charge in [0.05, 0.1) is 29.3 Å². The highest BCUT2D eigenvalue weighted by atomic mass is 32.1. The summed E-state index contributed by atoms with van der Waals surface area (Å²) in [6, 6.07) is 11.4. The fraction of sp³-hybridized carbons (Fsp3) is 0.0952. The lowest BCUT2D eigenvalue weighted by molar-refractivity contribution is 0.103. The maximum absolute atomic E-state index is 12.8. The van der Waals surface area contributed by atoms with Crippen LogP contribution in [0.15, 0.2) is 55.0 Å². The Labute approximate surface area is 181 Å². The van der Waals surface area contributed by atoms with Crippen LogP contribution < -0.4 is 10.6 Å². The smallest absolute Gasteiger partial charge is 0.267 e. The van der Waals surface area contributed by atoms with Crippen molar-refractivity contribution in [1.82, 2.24) is 29.9 Å². The van der Waals surface area contributed by atoms with E-state index in [1.807, 2.05) is 56.6 Å². The number of hydrogen-bond acceptors (Lipinski definition) is 7. The molecule has 4 heterocycles. The van der Waals surface area contributed by atoms with Gasteiger partial charge < -0.3 is 10.6 Å². The van der Waals surface area contributed by atoms with Gasteiger partial charge in [0, 0.05) is 18.6 Å². The quantitative estimate of drug-likeness (QED) is 0.387. The first-order valence-corrected chi connectivity index (χ1v) is 10.3. The van der Waals surface area contributed by atoms with Crippen LogP contribution in [0, 0.1) is 6.92 Å². The predicted molar refractivity (Wildman–Crippen MR) is 121 cm³/mol. The van der Waals surface area contributed by atoms with Crippen molar-refractivity contribution in [3.05, 3.63) is 65.4 Å². The number of carbonyl (C=O) groups excluding carboxylic acids is 1. The van der Waals surface area contributed by atoms with Gasteiger partial charge in [-0.2, -0.15) is 10.2 Å². The number of benzene rings is 1. The lowest BCUT2D eigenvalue weighted by Crippen LogP contribution is -2.11. The molecule has 5 aromatic rings. The summed E-state index contributed by atoms with van der Waals surface area (Å²) in [6.07, 6.45) is 5.13. The standard InChI is InChI=1S/C21H18N8OS/c1-12-6-7-14-13(10-23-27-14)19(12)26-20(30)17-11-22-21(31-17)25-18-5-3-4-15(24-18)16-8-9-29(2)28-16/h3-11H,1-2H3,(H,23,27)(H,26,30)(H,22,24,25). The molecule has 0 aliphatic heterocycles. The SMILES string of the molecule is Cc1ccc2[nH]ncc2c1NC(=O)c1cnc(Nc2cccc(-c3ccn(C)n3)n2)s1. The third-order valence-electron chi connectivity index (χ3n) is 4.76. The van der Waals surface area contributed by atoms with Gasteiger partial charge in [-0.3, -0.25) is 14.6 Å². The summed E-state index contributed by atoms with van der Waals surface area (Å²) in [5.41, 5.74) is 4.11. The molecule has 0 aliphatic rings. The summed E-state index contributed by atoms with van der Waals surface area (Å²) in [5.74, 6) is 0.404. The van der Waals surface area contributed by atoms with Crippen molar-refractivity contribution in [2.45, 2.75) is 6.92 Å². The van der Waals surface area contributed by atoms with Gasteiger partial charge in [0.25, 0.3) is 5.91 Å². The fourth-order valence-corrected chi connectivity index (χ4v) is 3.93. The summed E-state index contributed by atoms with van der Waals surface area (Å²) in [6.45, 7) is 1.95. The number of pyridine rings is 1. The third kappa shape index (κ3) is 3.76. The summed E-state index contributed by atoms with van der Waals surface area (Å²) < 4.78 is 1.73. The molecule has 0 saturated carbocycles. The minimum absolute atomic E-state index is 0.224. The molecule has 0 bridgehead atoms. The molecule has 0 spiro atoms. The number of carbonyl (C=O) groups is 1. The lowest BCUT2D eigenvalue weighted by atomic mass is 10.1. The number of nitrogens with one attached hydrogen (secondary N) is 3. The zero-order chi connectivity index (χ0) is 21.4. The highest BCUT2D eigenvalue weighted by Gasteiger charge is 2.15. The Bertz CT molecular complexity index is 1400. The van der Waals surface area contributed by atoms with Gasteiger partial charge >= 0.3 is 0 Å². The van der Waals surface area contributed by atoms with Crippen molar-refractivity contribution < 1.29 is 4.79 Å². The van der Waals surface area contributed by atoms with E-state index in [2.05, 4.69) is 35.9 Å². The molecule has 3 N–H and O–H groups in total. The van der Waals surface area contributed by atoms with Gasteiger partial charge in [0.1, 0.15) is 16.4 Å². The van der Waals surface area contributed by atoms with Gasteiger partial charge in [-0.25, -0.2) is 9.97 Å². The molecule has 0 unspecified atom stereocenters. The Morgan fingerprint density at radius 1 is 1.13 bits per heavy atom. The monoisotopic (exact) mass is 430 g/mol. The number of fused-ring (bicyclic) bond motifs is 1. The average molecular weight is 430 g/mol. The molecular formula is C21H18N8OS. The third-order valence-corrected chi connectivity index (χ3v) is 5.67. The molecule has 0 radical (unpaired) electrons. The van der Waals surface area contributed by atoms with E-state index in [-0.39, 0.29) is 5.91 Å². The second-order valence-corrected chi connectivity index (χ2v) is 8.01. The molecule has 1 amide bonds. The van der Waals surface area contributed by atoms with Crippen molar-refractivity contribution in [2.24, 2.45) is 7.05 Å². The summed E-state index contributed by atoms with van der Waals surface area (Å²) >= 11 is 1.26. The zero-order valence-electron chi connectivity index (χ0n) is 16.7. The Hall–Kier alpha value is -4.05. The Kier molecular flexibility index (Phi) is 4.68. The van der Waals surface area contributed by atoms with Crippen LogP contribution in [-0.2, 0) is 7.05 Å². The van der Waals surface area contributed by atoms with Crippen LogP contribution in [0.5, 0.6) is 0 Å². The highest BCUT2D eigenvalue weighted by molar-refractivity contribution is 7.17. The van der Waals surface area contributed by atoms with E-state index < -0.39 is 0 Å². The molecule has 154 valence electrons. The first-order chi connectivity index (χ1) is 15.1. The van der Waals surface area contributed by atoms with Gasteiger partial charge in [-0.05, 0) is 36.8 Å². The van der Waals surface area contributed by atoms with Gasteiger partial charge in [-0.1, -0.05) is 23.5 Å².